The number of hydrogen-bond acceptors (Lipinski definition) is 3. The van der Waals surface area contributed by atoms with Crippen LogP contribution in [0.3, 0.4) is 0 Å². The monoisotopic (exact) mass is 247 g/mol. The average Bonchev–Trinajstić information content (AvgIpc) is 2.13. The Balaban J connectivity index is 3.12. The summed E-state index contributed by atoms with van der Waals surface area (Å²) in [5, 5.41) is 9.18. The van der Waals surface area contributed by atoms with Gasteiger partial charge in [-0.1, -0.05) is 25.5 Å². The summed E-state index contributed by atoms with van der Waals surface area (Å²) in [6.45, 7) is 9.88. The van der Waals surface area contributed by atoms with E-state index in [0.717, 1.165) is 18.4 Å². The fraction of sp³-hybridized carbons (Fsp3) is 0.600. The minimum atomic E-state index is -0.510. The van der Waals surface area contributed by atoms with Crippen LogP contribution in [0.4, 0.5) is 0 Å². The van der Waals surface area contributed by atoms with Crippen molar-refractivity contribution in [2.24, 2.45) is 5.41 Å². The second kappa shape index (κ2) is 5.39. The van der Waals surface area contributed by atoms with Gasteiger partial charge in [0.25, 0.3) is 0 Å². The van der Waals surface area contributed by atoms with Gasteiger partial charge in [-0.05, 0) is 44.6 Å². The first-order chi connectivity index (χ1) is 8.25. The van der Waals surface area contributed by atoms with Gasteiger partial charge in [-0.15, -0.1) is 0 Å². The Morgan fingerprint density at radius 3 is 2.50 bits per heavy atom. The van der Waals surface area contributed by atoms with Crippen LogP contribution in [0, 0.1) is 16.7 Å². The Bertz CT molecular complexity index is 448. The second-order valence-electron chi connectivity index (χ2n) is 5.97. The molecule has 0 bridgehead atoms. The SMILES string of the molecule is CC1=CC(=C(C#N)C(=O)OC(C)C)CC(C)(C)C1. The summed E-state index contributed by atoms with van der Waals surface area (Å²) >= 11 is 0. The molecule has 0 aromatic heterocycles. The van der Waals surface area contributed by atoms with Crippen molar-refractivity contribution in [3.63, 3.8) is 0 Å². The fourth-order valence-corrected chi connectivity index (χ4v) is 2.41. The van der Waals surface area contributed by atoms with Gasteiger partial charge < -0.3 is 4.74 Å². The second-order valence-corrected chi connectivity index (χ2v) is 5.97. The van der Waals surface area contributed by atoms with E-state index in [-0.39, 0.29) is 17.1 Å². The van der Waals surface area contributed by atoms with Gasteiger partial charge in [-0.3, -0.25) is 0 Å². The zero-order valence-electron chi connectivity index (χ0n) is 11.8. The highest BCUT2D eigenvalue weighted by atomic mass is 16.5. The van der Waals surface area contributed by atoms with Crippen LogP contribution in [0.5, 0.6) is 0 Å². The first-order valence-corrected chi connectivity index (χ1v) is 6.26. The first kappa shape index (κ1) is 14.5. The molecule has 1 aliphatic rings. The maximum Gasteiger partial charge on any atom is 0.349 e. The number of nitrogens with zero attached hydrogens (tertiary/aromatic N) is 1. The van der Waals surface area contributed by atoms with Crippen LogP contribution in [-0.4, -0.2) is 12.1 Å². The number of nitriles is 1. The predicted molar refractivity (Wildman–Crippen MR) is 70.6 cm³/mol. The summed E-state index contributed by atoms with van der Waals surface area (Å²) in [6, 6.07) is 2.00. The molecule has 98 valence electrons. The standard InChI is InChI=1S/C15H21NO2/c1-10(2)18-14(17)13(9-16)12-6-11(3)7-15(4,5)8-12/h6,10H,7-8H2,1-5H3. The fourth-order valence-electron chi connectivity index (χ4n) is 2.41. The third-order valence-electron chi connectivity index (χ3n) is 2.83. The molecule has 1 rings (SSSR count). The topological polar surface area (TPSA) is 50.1 Å². The number of esters is 1. The van der Waals surface area contributed by atoms with Crippen LogP contribution in [0.15, 0.2) is 22.8 Å². The van der Waals surface area contributed by atoms with Crippen molar-refractivity contribution >= 4 is 5.97 Å². The van der Waals surface area contributed by atoms with E-state index in [4.69, 9.17) is 4.74 Å². The van der Waals surface area contributed by atoms with Gasteiger partial charge >= 0.3 is 5.97 Å². The number of carbonyl (C=O) groups is 1. The van der Waals surface area contributed by atoms with Gasteiger partial charge in [0, 0.05) is 0 Å². The first-order valence-electron chi connectivity index (χ1n) is 6.26. The van der Waals surface area contributed by atoms with Gasteiger partial charge in [0.1, 0.15) is 11.6 Å². The Labute approximate surface area is 109 Å². The van der Waals surface area contributed by atoms with Crippen LogP contribution < -0.4 is 0 Å². The average molecular weight is 247 g/mol. The molecule has 3 nitrogen and oxygen atoms in total. The number of carbonyl (C=O) groups excluding carboxylic acids is 1. The van der Waals surface area contributed by atoms with E-state index in [0.29, 0.717) is 0 Å². The van der Waals surface area contributed by atoms with E-state index >= 15 is 0 Å². The molecule has 0 radical (unpaired) electrons. The molecule has 0 N–H and O–H groups in total. The van der Waals surface area contributed by atoms with Crippen molar-refractivity contribution in [2.75, 3.05) is 0 Å². The van der Waals surface area contributed by atoms with Gasteiger partial charge in [0.05, 0.1) is 6.10 Å². The maximum atomic E-state index is 11.9. The van der Waals surface area contributed by atoms with Crippen LogP contribution in [0.25, 0.3) is 0 Å². The Hall–Kier alpha value is -1.56. The lowest BCUT2D eigenvalue weighted by Gasteiger charge is -2.30. The van der Waals surface area contributed by atoms with E-state index in [9.17, 15) is 10.1 Å². The molecule has 18 heavy (non-hydrogen) atoms. The van der Waals surface area contributed by atoms with Crippen LogP contribution in [0.1, 0.15) is 47.5 Å². The zero-order valence-corrected chi connectivity index (χ0v) is 11.8. The van der Waals surface area contributed by atoms with Crippen molar-refractivity contribution in [3.8, 4) is 6.07 Å². The molecule has 0 saturated carbocycles. The van der Waals surface area contributed by atoms with E-state index < -0.39 is 5.97 Å². The lowest BCUT2D eigenvalue weighted by Crippen LogP contribution is -2.20. The van der Waals surface area contributed by atoms with Gasteiger partial charge in [-0.2, -0.15) is 5.26 Å². The largest absolute Gasteiger partial charge is 0.459 e. The third kappa shape index (κ3) is 3.73. The number of rotatable bonds is 2. The molecule has 0 atom stereocenters. The van der Waals surface area contributed by atoms with Crippen molar-refractivity contribution in [2.45, 2.75) is 53.6 Å². The summed E-state index contributed by atoms with van der Waals surface area (Å²) in [5.74, 6) is -0.510. The van der Waals surface area contributed by atoms with E-state index in [1.165, 1.54) is 5.57 Å². The van der Waals surface area contributed by atoms with Crippen molar-refractivity contribution in [1.29, 1.82) is 5.26 Å². The molecule has 0 amide bonds. The molecule has 0 aromatic carbocycles. The highest BCUT2D eigenvalue weighted by Crippen LogP contribution is 2.38. The van der Waals surface area contributed by atoms with Crippen LogP contribution >= 0.6 is 0 Å². The maximum absolute atomic E-state index is 11.9. The van der Waals surface area contributed by atoms with Crippen LogP contribution in [-0.2, 0) is 9.53 Å². The van der Waals surface area contributed by atoms with Crippen LogP contribution in [0.2, 0.25) is 0 Å². The molecule has 0 unspecified atom stereocenters. The van der Waals surface area contributed by atoms with E-state index in [1.807, 2.05) is 19.1 Å². The molecular weight excluding hydrogens is 226 g/mol. The van der Waals surface area contributed by atoms with Gasteiger partial charge in [-0.25, -0.2) is 4.79 Å². The zero-order chi connectivity index (χ0) is 13.9. The van der Waals surface area contributed by atoms with Crippen molar-refractivity contribution in [3.05, 3.63) is 22.8 Å². The lowest BCUT2D eigenvalue weighted by molar-refractivity contribution is -0.142. The highest BCUT2D eigenvalue weighted by molar-refractivity contribution is 5.94. The number of hydrogen-bond donors (Lipinski definition) is 0. The minimum Gasteiger partial charge on any atom is -0.459 e. The van der Waals surface area contributed by atoms with Crippen molar-refractivity contribution in [1.82, 2.24) is 0 Å². The summed E-state index contributed by atoms with van der Waals surface area (Å²) in [6.07, 6.45) is 3.48. The smallest absolute Gasteiger partial charge is 0.349 e. The normalized spacial score (nSPS) is 21.1. The van der Waals surface area contributed by atoms with Gasteiger partial charge in [0.15, 0.2) is 0 Å². The molecular formula is C15H21NO2. The molecule has 0 fully saturated rings. The number of allylic oxidation sites excluding steroid dienone is 3. The Morgan fingerprint density at radius 1 is 1.44 bits per heavy atom. The molecule has 0 spiro atoms. The molecule has 3 heteroatoms. The molecule has 0 aliphatic heterocycles. The van der Waals surface area contributed by atoms with E-state index in [2.05, 4.69) is 13.8 Å². The van der Waals surface area contributed by atoms with E-state index in [1.54, 1.807) is 13.8 Å². The lowest BCUT2D eigenvalue weighted by atomic mass is 9.74. The van der Waals surface area contributed by atoms with Gasteiger partial charge in [0.2, 0.25) is 0 Å². The predicted octanol–water partition coefficient (Wildman–Crippen LogP) is 3.52. The molecule has 0 aromatic rings. The quantitative estimate of drug-likeness (QED) is 0.426. The van der Waals surface area contributed by atoms with Crippen molar-refractivity contribution < 1.29 is 9.53 Å². The summed E-state index contributed by atoms with van der Waals surface area (Å²) < 4.78 is 5.11. The summed E-state index contributed by atoms with van der Waals surface area (Å²) in [4.78, 5) is 11.9. The number of ether oxygens (including phenoxy) is 1. The molecule has 0 saturated heterocycles. The summed E-state index contributed by atoms with van der Waals surface area (Å²) in [5.41, 5.74) is 2.24. The Kier molecular flexibility index (Phi) is 4.34. The highest BCUT2D eigenvalue weighted by Gasteiger charge is 2.28. The molecule has 1 aliphatic carbocycles. The third-order valence-corrected chi connectivity index (χ3v) is 2.83. The minimum absolute atomic E-state index is 0.0916. The Morgan fingerprint density at radius 2 is 2.06 bits per heavy atom. The molecule has 0 heterocycles. The summed E-state index contributed by atoms with van der Waals surface area (Å²) in [7, 11) is 0.